The van der Waals surface area contributed by atoms with Crippen LogP contribution in [0.1, 0.15) is 27.2 Å². The first-order valence-electron chi connectivity index (χ1n) is 7.05. The molecule has 3 N–H and O–H groups in total. The van der Waals surface area contributed by atoms with Crippen LogP contribution in [0, 0.1) is 0 Å². The Kier molecular flexibility index (Phi) is 6.64. The number of likely N-dealkylation sites (N-methyl/N-ethyl adjacent to an activating group) is 1. The zero-order valence-corrected chi connectivity index (χ0v) is 13.5. The molecule has 0 saturated carbocycles. The number of para-hydroxylation sites is 1. The van der Waals surface area contributed by atoms with Crippen molar-refractivity contribution in [3.05, 3.63) is 24.3 Å². The summed E-state index contributed by atoms with van der Waals surface area (Å²) >= 11 is 0. The first-order chi connectivity index (χ1) is 9.92. The molecule has 0 radical (unpaired) electrons. The minimum absolute atomic E-state index is 0.148. The van der Waals surface area contributed by atoms with Crippen molar-refractivity contribution in [2.75, 3.05) is 18.4 Å². The summed E-state index contributed by atoms with van der Waals surface area (Å²) in [5, 5.41) is 5.66. The number of anilines is 1. The van der Waals surface area contributed by atoms with Crippen LogP contribution in [0.3, 0.4) is 0 Å². The lowest BCUT2D eigenvalue weighted by molar-refractivity contribution is -0.122. The highest BCUT2D eigenvalue weighted by molar-refractivity contribution is 7.89. The summed E-state index contributed by atoms with van der Waals surface area (Å²) in [6.07, 6.45) is 0.886. The van der Waals surface area contributed by atoms with Crippen LogP contribution in [0.25, 0.3) is 0 Å². The molecule has 1 aromatic rings. The number of nitrogens with one attached hydrogen (secondary N) is 3. The minimum Gasteiger partial charge on any atom is -0.384 e. The third-order valence-corrected chi connectivity index (χ3v) is 4.42. The lowest BCUT2D eigenvalue weighted by Gasteiger charge is -2.16. The highest BCUT2D eigenvalue weighted by atomic mass is 32.2. The van der Waals surface area contributed by atoms with Gasteiger partial charge in [0.1, 0.15) is 4.90 Å². The van der Waals surface area contributed by atoms with Crippen molar-refractivity contribution in [1.82, 2.24) is 10.0 Å². The predicted molar refractivity (Wildman–Crippen MR) is 83.7 cm³/mol. The molecule has 0 aliphatic carbocycles. The molecule has 1 unspecified atom stereocenters. The third kappa shape index (κ3) is 5.02. The summed E-state index contributed by atoms with van der Waals surface area (Å²) in [4.78, 5) is 11.8. The molecule has 0 spiro atoms. The molecule has 0 fully saturated rings. The smallest absolute Gasteiger partial charge is 0.243 e. The number of benzene rings is 1. The third-order valence-electron chi connectivity index (χ3n) is 2.82. The number of carbonyl (C=O) groups is 1. The fourth-order valence-corrected chi connectivity index (χ4v) is 3.17. The Morgan fingerprint density at radius 1 is 1.24 bits per heavy atom. The van der Waals surface area contributed by atoms with E-state index < -0.39 is 16.1 Å². The van der Waals surface area contributed by atoms with Crippen LogP contribution in [-0.4, -0.2) is 33.5 Å². The minimum atomic E-state index is -3.76. The molecule has 0 heterocycles. The first kappa shape index (κ1) is 17.5. The van der Waals surface area contributed by atoms with Crippen molar-refractivity contribution < 1.29 is 13.2 Å². The van der Waals surface area contributed by atoms with Gasteiger partial charge in [0.05, 0.1) is 11.7 Å². The van der Waals surface area contributed by atoms with Crippen molar-refractivity contribution in [1.29, 1.82) is 0 Å². The van der Waals surface area contributed by atoms with Gasteiger partial charge in [-0.3, -0.25) is 4.79 Å². The first-order valence-corrected chi connectivity index (χ1v) is 8.53. The summed E-state index contributed by atoms with van der Waals surface area (Å²) in [7, 11) is -3.76. The van der Waals surface area contributed by atoms with Crippen LogP contribution in [0.2, 0.25) is 0 Å². The molecule has 1 atom stereocenters. The van der Waals surface area contributed by atoms with Gasteiger partial charge in [0.15, 0.2) is 0 Å². The molecule has 0 aromatic heterocycles. The number of amides is 1. The maximum atomic E-state index is 12.4. The fraction of sp³-hybridized carbons (Fsp3) is 0.500. The van der Waals surface area contributed by atoms with Gasteiger partial charge in [0.25, 0.3) is 0 Å². The second-order valence-electron chi connectivity index (χ2n) is 4.66. The lowest BCUT2D eigenvalue weighted by Crippen LogP contribution is -2.44. The molecular formula is C14H23N3O3S. The highest BCUT2D eigenvalue weighted by Crippen LogP contribution is 2.20. The predicted octanol–water partition coefficient (Wildman–Crippen LogP) is 1.31. The van der Waals surface area contributed by atoms with Gasteiger partial charge in [0, 0.05) is 13.1 Å². The van der Waals surface area contributed by atoms with Gasteiger partial charge in [-0.1, -0.05) is 19.1 Å². The number of rotatable bonds is 8. The van der Waals surface area contributed by atoms with Crippen molar-refractivity contribution in [3.63, 3.8) is 0 Å². The number of hydrogen-bond donors (Lipinski definition) is 3. The van der Waals surface area contributed by atoms with Crippen molar-refractivity contribution >= 4 is 21.6 Å². The molecule has 0 aliphatic heterocycles. The molecule has 118 valence electrons. The molecular weight excluding hydrogens is 290 g/mol. The van der Waals surface area contributed by atoms with E-state index in [1.165, 1.54) is 13.0 Å². The fourth-order valence-electron chi connectivity index (χ4n) is 1.78. The second-order valence-corrected chi connectivity index (χ2v) is 6.34. The molecule has 1 rings (SSSR count). The molecule has 0 saturated heterocycles. The Labute approximate surface area is 126 Å². The summed E-state index contributed by atoms with van der Waals surface area (Å²) in [5.74, 6) is -0.347. The van der Waals surface area contributed by atoms with Crippen LogP contribution in [-0.2, 0) is 14.8 Å². The quantitative estimate of drug-likeness (QED) is 0.675. The zero-order valence-electron chi connectivity index (χ0n) is 12.6. The average Bonchev–Trinajstić information content (AvgIpc) is 2.45. The van der Waals surface area contributed by atoms with Crippen LogP contribution < -0.4 is 15.4 Å². The van der Waals surface area contributed by atoms with Crippen molar-refractivity contribution in [2.45, 2.75) is 38.1 Å². The summed E-state index contributed by atoms with van der Waals surface area (Å²) in [6, 6.07) is 5.83. The monoisotopic (exact) mass is 313 g/mol. The average molecular weight is 313 g/mol. The maximum Gasteiger partial charge on any atom is 0.243 e. The summed E-state index contributed by atoms with van der Waals surface area (Å²) in [5.41, 5.74) is 0.537. The van der Waals surface area contributed by atoms with Gasteiger partial charge in [-0.2, -0.15) is 4.72 Å². The summed E-state index contributed by atoms with van der Waals surface area (Å²) in [6.45, 7) is 6.44. The standard InChI is InChI=1S/C14H23N3O3S/c1-4-10-16-12-8-6-7-9-13(12)21(19,20)17-11(3)14(18)15-5-2/h6-9,11,16-17H,4-5,10H2,1-3H3,(H,15,18). The van der Waals surface area contributed by atoms with Gasteiger partial charge >= 0.3 is 0 Å². The lowest BCUT2D eigenvalue weighted by atomic mass is 10.3. The topological polar surface area (TPSA) is 87.3 Å². The van der Waals surface area contributed by atoms with Gasteiger partial charge < -0.3 is 10.6 Å². The summed E-state index contributed by atoms with van der Waals surface area (Å²) < 4.78 is 27.2. The van der Waals surface area contributed by atoms with Crippen molar-refractivity contribution in [3.8, 4) is 0 Å². The van der Waals surface area contributed by atoms with E-state index in [-0.39, 0.29) is 10.8 Å². The molecule has 0 aliphatic rings. The van der Waals surface area contributed by atoms with E-state index in [0.29, 0.717) is 18.8 Å². The van der Waals surface area contributed by atoms with Gasteiger partial charge in [-0.05, 0) is 32.4 Å². The normalized spacial score (nSPS) is 12.7. The highest BCUT2D eigenvalue weighted by Gasteiger charge is 2.23. The Morgan fingerprint density at radius 2 is 1.90 bits per heavy atom. The number of hydrogen-bond acceptors (Lipinski definition) is 4. The van der Waals surface area contributed by atoms with Crippen LogP contribution in [0.5, 0.6) is 0 Å². The van der Waals surface area contributed by atoms with Crippen LogP contribution >= 0.6 is 0 Å². The Hall–Kier alpha value is -1.60. The zero-order chi connectivity index (χ0) is 15.9. The van der Waals surface area contributed by atoms with E-state index in [1.54, 1.807) is 25.1 Å². The Bertz CT molecular complexity index is 573. The maximum absolute atomic E-state index is 12.4. The number of sulfonamides is 1. The molecule has 7 heteroatoms. The second kappa shape index (κ2) is 7.99. The molecule has 6 nitrogen and oxygen atoms in total. The van der Waals surface area contributed by atoms with Crippen LogP contribution in [0.4, 0.5) is 5.69 Å². The molecule has 0 bridgehead atoms. The van der Waals surface area contributed by atoms with E-state index in [2.05, 4.69) is 15.4 Å². The Morgan fingerprint density at radius 3 is 2.52 bits per heavy atom. The van der Waals surface area contributed by atoms with Crippen LogP contribution in [0.15, 0.2) is 29.2 Å². The van der Waals surface area contributed by atoms with E-state index in [1.807, 2.05) is 6.92 Å². The molecule has 21 heavy (non-hydrogen) atoms. The number of carbonyl (C=O) groups excluding carboxylic acids is 1. The van der Waals surface area contributed by atoms with E-state index >= 15 is 0 Å². The van der Waals surface area contributed by atoms with Gasteiger partial charge in [-0.15, -0.1) is 0 Å². The largest absolute Gasteiger partial charge is 0.384 e. The van der Waals surface area contributed by atoms with Gasteiger partial charge in [-0.25, -0.2) is 8.42 Å². The van der Waals surface area contributed by atoms with E-state index in [0.717, 1.165) is 6.42 Å². The van der Waals surface area contributed by atoms with E-state index in [4.69, 9.17) is 0 Å². The van der Waals surface area contributed by atoms with E-state index in [9.17, 15) is 13.2 Å². The SMILES string of the molecule is CCCNc1ccccc1S(=O)(=O)NC(C)C(=O)NCC. The molecule has 1 aromatic carbocycles. The van der Waals surface area contributed by atoms with Gasteiger partial charge in [0.2, 0.25) is 15.9 Å². The van der Waals surface area contributed by atoms with Crippen molar-refractivity contribution in [2.24, 2.45) is 0 Å². The Balaban J connectivity index is 2.95. The molecule has 1 amide bonds.